The van der Waals surface area contributed by atoms with Crippen LogP contribution in [0.25, 0.3) is 11.0 Å². The highest BCUT2D eigenvalue weighted by atomic mass is 16.5. The number of hydrogen-bond acceptors (Lipinski definition) is 6. The van der Waals surface area contributed by atoms with Gasteiger partial charge in [-0.25, -0.2) is 4.79 Å². The van der Waals surface area contributed by atoms with E-state index in [2.05, 4.69) is 20.6 Å². The van der Waals surface area contributed by atoms with Crippen molar-refractivity contribution >= 4 is 11.0 Å². The van der Waals surface area contributed by atoms with Crippen molar-refractivity contribution in [1.82, 2.24) is 20.6 Å². The molecule has 3 rings (SSSR count). The molecule has 0 fully saturated rings. The second-order valence-corrected chi connectivity index (χ2v) is 4.79. The van der Waals surface area contributed by atoms with Crippen molar-refractivity contribution in [3.05, 3.63) is 45.1 Å². The van der Waals surface area contributed by atoms with Crippen LogP contribution in [0.2, 0.25) is 0 Å². The molecule has 7 nitrogen and oxygen atoms in total. The lowest BCUT2D eigenvalue weighted by molar-refractivity contribution is 0.293. The Hall–Kier alpha value is -2.70. The maximum absolute atomic E-state index is 11.8. The molecule has 0 N–H and O–H groups in total. The standard InChI is InChI=1S/C14H13N4O3/c1-7-8(2)14(19)21-13-9(3)11(5-4-10(7)13)20-6-12-15-17-18-16-12/h4-5H,6H2,1-3H3/q-1. The first-order valence-electron chi connectivity index (χ1n) is 6.42. The average molecular weight is 285 g/mol. The number of fused-ring (bicyclic) bond motifs is 1. The van der Waals surface area contributed by atoms with E-state index in [-0.39, 0.29) is 12.2 Å². The lowest BCUT2D eigenvalue weighted by Gasteiger charge is -2.12. The van der Waals surface area contributed by atoms with Crippen LogP contribution in [0.3, 0.4) is 0 Å². The molecule has 0 saturated heterocycles. The number of tetrazole rings is 1. The molecule has 0 bridgehead atoms. The summed E-state index contributed by atoms with van der Waals surface area (Å²) < 4.78 is 11.0. The van der Waals surface area contributed by atoms with Crippen molar-refractivity contribution in [2.75, 3.05) is 0 Å². The van der Waals surface area contributed by atoms with Crippen LogP contribution < -0.4 is 15.5 Å². The second kappa shape index (κ2) is 5.01. The van der Waals surface area contributed by atoms with Crippen LogP contribution in [0.1, 0.15) is 22.5 Å². The van der Waals surface area contributed by atoms with E-state index in [0.717, 1.165) is 16.5 Å². The quantitative estimate of drug-likeness (QED) is 0.672. The van der Waals surface area contributed by atoms with Crippen LogP contribution in [-0.4, -0.2) is 15.5 Å². The lowest BCUT2D eigenvalue weighted by atomic mass is 10.0. The molecule has 108 valence electrons. The fraction of sp³-hybridized carbons (Fsp3) is 0.286. The van der Waals surface area contributed by atoms with Gasteiger partial charge in [0.25, 0.3) is 0 Å². The zero-order chi connectivity index (χ0) is 15.0. The molecule has 0 aliphatic carbocycles. The molecule has 0 atom stereocenters. The number of rotatable bonds is 3. The number of benzene rings is 1. The lowest BCUT2D eigenvalue weighted by Crippen LogP contribution is -2.07. The molecule has 0 saturated carbocycles. The third-order valence-corrected chi connectivity index (χ3v) is 3.54. The summed E-state index contributed by atoms with van der Waals surface area (Å²) in [5.74, 6) is 1.01. The largest absolute Gasteiger partial charge is 0.488 e. The monoisotopic (exact) mass is 285 g/mol. The van der Waals surface area contributed by atoms with Gasteiger partial charge >= 0.3 is 5.63 Å². The van der Waals surface area contributed by atoms with Gasteiger partial charge in [0, 0.05) is 22.3 Å². The van der Waals surface area contributed by atoms with Gasteiger partial charge in [-0.2, -0.15) is 5.21 Å². The van der Waals surface area contributed by atoms with Gasteiger partial charge in [-0.05, 0) is 38.5 Å². The molecule has 0 aliphatic rings. The molecule has 7 heteroatoms. The van der Waals surface area contributed by atoms with Crippen LogP contribution in [-0.2, 0) is 6.61 Å². The summed E-state index contributed by atoms with van der Waals surface area (Å²) in [4.78, 5) is 11.8. The van der Waals surface area contributed by atoms with E-state index in [1.54, 1.807) is 6.92 Å². The molecule has 0 spiro atoms. The molecule has 2 heterocycles. The molecule has 0 amide bonds. The van der Waals surface area contributed by atoms with E-state index in [1.165, 1.54) is 0 Å². The molecule has 1 aromatic carbocycles. The fourth-order valence-electron chi connectivity index (χ4n) is 2.14. The Bertz CT molecular complexity index is 853. The Morgan fingerprint density at radius 2 is 2.00 bits per heavy atom. The van der Waals surface area contributed by atoms with Crippen molar-refractivity contribution in [2.24, 2.45) is 0 Å². The SMILES string of the molecule is Cc1c(C)c2ccc(OCc3nnn[n-]3)c(C)c2oc1=O. The number of nitrogens with zero attached hydrogens (tertiary/aromatic N) is 4. The molecular formula is C14H13N4O3-. The molecule has 0 radical (unpaired) electrons. The van der Waals surface area contributed by atoms with Crippen LogP contribution in [0.15, 0.2) is 21.3 Å². The van der Waals surface area contributed by atoms with Gasteiger partial charge in [0.05, 0.1) is 0 Å². The maximum atomic E-state index is 11.8. The predicted octanol–water partition coefficient (Wildman–Crippen LogP) is 1.44. The summed E-state index contributed by atoms with van der Waals surface area (Å²) in [6.45, 7) is 5.67. The summed E-state index contributed by atoms with van der Waals surface area (Å²) in [5.41, 5.74) is 2.52. The van der Waals surface area contributed by atoms with Gasteiger partial charge in [0.2, 0.25) is 0 Å². The molecule has 21 heavy (non-hydrogen) atoms. The Morgan fingerprint density at radius 1 is 1.19 bits per heavy atom. The van der Waals surface area contributed by atoms with E-state index < -0.39 is 0 Å². The van der Waals surface area contributed by atoms with Gasteiger partial charge in [0.15, 0.2) is 0 Å². The van der Waals surface area contributed by atoms with Crippen molar-refractivity contribution in [3.63, 3.8) is 0 Å². The normalized spacial score (nSPS) is 11.0. The highest BCUT2D eigenvalue weighted by molar-refractivity contribution is 5.85. The Labute approximate surface area is 119 Å². The minimum atomic E-state index is -0.326. The first kappa shape index (κ1) is 13.3. The summed E-state index contributed by atoms with van der Waals surface area (Å²) in [6, 6.07) is 3.72. The van der Waals surface area contributed by atoms with E-state index in [1.807, 2.05) is 26.0 Å². The maximum Gasteiger partial charge on any atom is 0.339 e. The Morgan fingerprint density at radius 3 is 2.71 bits per heavy atom. The number of hydrogen-bond donors (Lipinski definition) is 0. The summed E-state index contributed by atoms with van der Waals surface area (Å²) in [5, 5.41) is 15.1. The fourth-order valence-corrected chi connectivity index (χ4v) is 2.14. The third kappa shape index (κ3) is 2.26. The van der Waals surface area contributed by atoms with Crippen LogP contribution >= 0.6 is 0 Å². The van der Waals surface area contributed by atoms with Gasteiger partial charge in [-0.3, -0.25) is 10.3 Å². The zero-order valence-electron chi connectivity index (χ0n) is 11.9. The minimum absolute atomic E-state index is 0.161. The van der Waals surface area contributed by atoms with Crippen molar-refractivity contribution in [1.29, 1.82) is 0 Å². The van der Waals surface area contributed by atoms with Crippen LogP contribution in [0.4, 0.5) is 0 Å². The van der Waals surface area contributed by atoms with E-state index >= 15 is 0 Å². The Balaban J connectivity index is 2.04. The highest BCUT2D eigenvalue weighted by Gasteiger charge is 2.12. The van der Waals surface area contributed by atoms with Crippen molar-refractivity contribution in [3.8, 4) is 5.75 Å². The Kier molecular flexibility index (Phi) is 3.17. The van der Waals surface area contributed by atoms with Gasteiger partial charge in [-0.1, -0.05) is 0 Å². The number of aromatic nitrogens is 4. The van der Waals surface area contributed by atoms with E-state index in [4.69, 9.17) is 9.15 Å². The zero-order valence-corrected chi connectivity index (χ0v) is 11.9. The van der Waals surface area contributed by atoms with Gasteiger partial charge in [-0.15, -0.1) is 0 Å². The highest BCUT2D eigenvalue weighted by Crippen LogP contribution is 2.29. The number of aryl methyl sites for hydroxylation is 2. The minimum Gasteiger partial charge on any atom is -0.488 e. The average Bonchev–Trinajstić information content (AvgIpc) is 2.98. The third-order valence-electron chi connectivity index (χ3n) is 3.54. The van der Waals surface area contributed by atoms with Crippen molar-refractivity contribution in [2.45, 2.75) is 27.4 Å². The van der Waals surface area contributed by atoms with Gasteiger partial charge in [0.1, 0.15) is 17.9 Å². The summed E-state index contributed by atoms with van der Waals surface area (Å²) in [7, 11) is 0. The molecule has 0 unspecified atom stereocenters. The number of ether oxygens (including phenoxy) is 1. The molecule has 2 aromatic heterocycles. The van der Waals surface area contributed by atoms with Crippen LogP contribution in [0.5, 0.6) is 5.75 Å². The predicted molar refractivity (Wildman–Crippen MR) is 74.2 cm³/mol. The van der Waals surface area contributed by atoms with E-state index in [0.29, 0.717) is 22.7 Å². The summed E-state index contributed by atoms with van der Waals surface area (Å²) >= 11 is 0. The van der Waals surface area contributed by atoms with Crippen LogP contribution in [0, 0.1) is 20.8 Å². The second-order valence-electron chi connectivity index (χ2n) is 4.79. The first-order valence-corrected chi connectivity index (χ1v) is 6.42. The smallest absolute Gasteiger partial charge is 0.339 e. The molecule has 3 aromatic rings. The van der Waals surface area contributed by atoms with Crippen molar-refractivity contribution < 1.29 is 9.15 Å². The molecular weight excluding hydrogens is 272 g/mol. The molecule has 0 aliphatic heterocycles. The summed E-state index contributed by atoms with van der Waals surface area (Å²) in [6.07, 6.45) is 0. The van der Waals surface area contributed by atoms with Gasteiger partial charge < -0.3 is 14.3 Å². The first-order chi connectivity index (χ1) is 10.1. The topological polar surface area (TPSA) is 92.2 Å². The van der Waals surface area contributed by atoms with E-state index in [9.17, 15) is 4.79 Å².